The van der Waals surface area contributed by atoms with E-state index in [0.717, 1.165) is 37.2 Å². The molecule has 102 valence electrons. The standard InChI is InChI=1S/C13H24N4O/c1-5-7-11-15-12(14)10(2)13(16-11)18-9-6-8-17(3)4/h5-9H2,1-4H3,(H2,14,15,16). The number of anilines is 1. The maximum Gasteiger partial charge on any atom is 0.221 e. The van der Waals surface area contributed by atoms with Gasteiger partial charge in [-0.2, -0.15) is 4.98 Å². The minimum absolute atomic E-state index is 0.524. The largest absolute Gasteiger partial charge is 0.477 e. The topological polar surface area (TPSA) is 64.3 Å². The molecule has 0 radical (unpaired) electrons. The van der Waals surface area contributed by atoms with E-state index in [1.165, 1.54) is 0 Å². The van der Waals surface area contributed by atoms with Gasteiger partial charge in [0.15, 0.2) is 0 Å². The van der Waals surface area contributed by atoms with Gasteiger partial charge >= 0.3 is 0 Å². The average molecular weight is 252 g/mol. The van der Waals surface area contributed by atoms with Crippen LogP contribution in [0.3, 0.4) is 0 Å². The fraction of sp³-hybridized carbons (Fsp3) is 0.692. The molecule has 0 aliphatic heterocycles. The second kappa shape index (κ2) is 7.16. The van der Waals surface area contributed by atoms with Crippen molar-refractivity contribution >= 4 is 5.82 Å². The molecule has 1 rings (SSSR count). The smallest absolute Gasteiger partial charge is 0.221 e. The van der Waals surface area contributed by atoms with Gasteiger partial charge in [0, 0.05) is 13.0 Å². The van der Waals surface area contributed by atoms with Gasteiger partial charge in [-0.25, -0.2) is 4.98 Å². The van der Waals surface area contributed by atoms with E-state index in [1.807, 2.05) is 21.0 Å². The SMILES string of the molecule is CCCc1nc(N)c(C)c(OCCCN(C)C)n1. The zero-order valence-electron chi connectivity index (χ0n) is 11.9. The van der Waals surface area contributed by atoms with Crippen LogP contribution in [0.25, 0.3) is 0 Å². The monoisotopic (exact) mass is 252 g/mol. The highest BCUT2D eigenvalue weighted by Crippen LogP contribution is 2.20. The number of nitrogens with two attached hydrogens (primary N) is 1. The van der Waals surface area contributed by atoms with Crippen LogP contribution in [0.15, 0.2) is 0 Å². The highest BCUT2D eigenvalue weighted by atomic mass is 16.5. The molecule has 0 saturated carbocycles. The van der Waals surface area contributed by atoms with Crippen molar-refractivity contribution in [1.82, 2.24) is 14.9 Å². The first-order valence-electron chi connectivity index (χ1n) is 6.45. The summed E-state index contributed by atoms with van der Waals surface area (Å²) >= 11 is 0. The second-order valence-electron chi connectivity index (χ2n) is 4.71. The quantitative estimate of drug-likeness (QED) is 0.748. The summed E-state index contributed by atoms with van der Waals surface area (Å²) in [4.78, 5) is 10.8. The number of hydrogen-bond donors (Lipinski definition) is 1. The molecule has 0 aliphatic rings. The van der Waals surface area contributed by atoms with Crippen LogP contribution in [0.5, 0.6) is 5.88 Å². The van der Waals surface area contributed by atoms with Crippen LogP contribution >= 0.6 is 0 Å². The molecule has 0 amide bonds. The van der Waals surface area contributed by atoms with E-state index < -0.39 is 0 Å². The predicted molar refractivity (Wildman–Crippen MR) is 73.8 cm³/mol. The minimum Gasteiger partial charge on any atom is -0.477 e. The molecule has 0 saturated heterocycles. The zero-order chi connectivity index (χ0) is 13.5. The van der Waals surface area contributed by atoms with Gasteiger partial charge in [0.2, 0.25) is 5.88 Å². The molecule has 0 fully saturated rings. The molecule has 5 heteroatoms. The number of hydrogen-bond acceptors (Lipinski definition) is 5. The zero-order valence-corrected chi connectivity index (χ0v) is 11.9. The van der Waals surface area contributed by atoms with Crippen LogP contribution in [-0.4, -0.2) is 42.1 Å². The van der Waals surface area contributed by atoms with E-state index in [1.54, 1.807) is 0 Å². The van der Waals surface area contributed by atoms with Crippen LogP contribution in [0.4, 0.5) is 5.82 Å². The normalized spacial score (nSPS) is 10.9. The lowest BCUT2D eigenvalue weighted by atomic mass is 10.3. The van der Waals surface area contributed by atoms with Crippen LogP contribution in [-0.2, 0) is 6.42 Å². The van der Waals surface area contributed by atoms with Crippen LogP contribution in [0.1, 0.15) is 31.2 Å². The van der Waals surface area contributed by atoms with Crippen molar-refractivity contribution in [3.05, 3.63) is 11.4 Å². The Balaban J connectivity index is 2.63. The van der Waals surface area contributed by atoms with Crippen LogP contribution in [0, 0.1) is 6.92 Å². The highest BCUT2D eigenvalue weighted by molar-refractivity contribution is 5.44. The maximum absolute atomic E-state index is 5.86. The molecule has 0 bridgehead atoms. The van der Waals surface area contributed by atoms with Gasteiger partial charge in [0.1, 0.15) is 11.6 Å². The van der Waals surface area contributed by atoms with Crippen molar-refractivity contribution in [2.75, 3.05) is 33.0 Å². The first-order chi connectivity index (χ1) is 8.54. The second-order valence-corrected chi connectivity index (χ2v) is 4.71. The molecule has 1 aromatic rings. The van der Waals surface area contributed by atoms with E-state index in [4.69, 9.17) is 10.5 Å². The van der Waals surface area contributed by atoms with Gasteiger partial charge in [-0.15, -0.1) is 0 Å². The first kappa shape index (κ1) is 14.7. The molecule has 0 atom stereocenters. The summed E-state index contributed by atoms with van der Waals surface area (Å²) in [5.41, 5.74) is 6.70. The van der Waals surface area contributed by atoms with Crippen molar-refractivity contribution in [3.63, 3.8) is 0 Å². The third-order valence-corrected chi connectivity index (χ3v) is 2.65. The Kier molecular flexibility index (Phi) is 5.85. The Morgan fingerprint density at radius 3 is 2.61 bits per heavy atom. The van der Waals surface area contributed by atoms with Gasteiger partial charge < -0.3 is 15.4 Å². The molecule has 0 aliphatic carbocycles. The van der Waals surface area contributed by atoms with E-state index in [2.05, 4.69) is 21.8 Å². The Hall–Kier alpha value is -1.36. The predicted octanol–water partition coefficient (Wildman–Crippen LogP) is 1.65. The van der Waals surface area contributed by atoms with Crippen molar-refractivity contribution in [2.24, 2.45) is 0 Å². The summed E-state index contributed by atoms with van der Waals surface area (Å²) in [7, 11) is 4.10. The minimum atomic E-state index is 0.524. The number of nitrogens with zero attached hydrogens (tertiary/aromatic N) is 3. The Bertz CT molecular complexity index is 379. The lowest BCUT2D eigenvalue weighted by Gasteiger charge is -2.12. The molecule has 1 heterocycles. The van der Waals surface area contributed by atoms with Gasteiger partial charge in [-0.1, -0.05) is 6.92 Å². The summed E-state index contributed by atoms with van der Waals surface area (Å²) in [5, 5.41) is 0. The third kappa shape index (κ3) is 4.49. The lowest BCUT2D eigenvalue weighted by molar-refractivity contribution is 0.270. The van der Waals surface area contributed by atoms with E-state index >= 15 is 0 Å². The molecule has 0 unspecified atom stereocenters. The maximum atomic E-state index is 5.86. The summed E-state index contributed by atoms with van der Waals surface area (Å²) in [6, 6.07) is 0. The fourth-order valence-corrected chi connectivity index (χ4v) is 1.58. The van der Waals surface area contributed by atoms with E-state index in [-0.39, 0.29) is 0 Å². The third-order valence-electron chi connectivity index (χ3n) is 2.65. The summed E-state index contributed by atoms with van der Waals surface area (Å²) in [6.45, 7) is 5.64. The molecule has 0 spiro atoms. The van der Waals surface area contributed by atoms with Crippen molar-refractivity contribution in [1.29, 1.82) is 0 Å². The average Bonchev–Trinajstić information content (AvgIpc) is 2.30. The molecule has 1 aromatic heterocycles. The van der Waals surface area contributed by atoms with Gasteiger partial charge in [-0.05, 0) is 33.9 Å². The molecule has 5 nitrogen and oxygen atoms in total. The lowest BCUT2D eigenvalue weighted by Crippen LogP contribution is -2.16. The van der Waals surface area contributed by atoms with Crippen molar-refractivity contribution < 1.29 is 4.74 Å². The molecule has 2 N–H and O–H groups in total. The summed E-state index contributed by atoms with van der Waals surface area (Å²) < 4.78 is 5.70. The summed E-state index contributed by atoms with van der Waals surface area (Å²) in [6.07, 6.45) is 2.81. The van der Waals surface area contributed by atoms with Gasteiger partial charge in [-0.3, -0.25) is 0 Å². The van der Waals surface area contributed by atoms with Crippen molar-refractivity contribution in [3.8, 4) is 5.88 Å². The van der Waals surface area contributed by atoms with Crippen LogP contribution < -0.4 is 10.5 Å². The van der Waals surface area contributed by atoms with Gasteiger partial charge in [0.05, 0.1) is 12.2 Å². The Morgan fingerprint density at radius 1 is 1.28 bits per heavy atom. The Labute approximate surface area is 109 Å². The number of ether oxygens (including phenoxy) is 1. The highest BCUT2D eigenvalue weighted by Gasteiger charge is 2.09. The molecule has 0 aromatic carbocycles. The van der Waals surface area contributed by atoms with E-state index in [9.17, 15) is 0 Å². The van der Waals surface area contributed by atoms with Crippen molar-refractivity contribution in [2.45, 2.75) is 33.1 Å². The molecular formula is C13H24N4O. The fourth-order valence-electron chi connectivity index (χ4n) is 1.58. The van der Waals surface area contributed by atoms with E-state index in [0.29, 0.717) is 18.3 Å². The number of aromatic nitrogens is 2. The first-order valence-corrected chi connectivity index (χ1v) is 6.45. The molecular weight excluding hydrogens is 228 g/mol. The van der Waals surface area contributed by atoms with Crippen LogP contribution in [0.2, 0.25) is 0 Å². The summed E-state index contributed by atoms with van der Waals surface area (Å²) in [5.74, 6) is 1.92. The number of aryl methyl sites for hydroxylation is 1. The number of nitrogen functional groups attached to an aromatic ring is 1. The molecule has 18 heavy (non-hydrogen) atoms. The van der Waals surface area contributed by atoms with Gasteiger partial charge in [0.25, 0.3) is 0 Å². The number of rotatable bonds is 7. The Morgan fingerprint density at radius 2 is 2.00 bits per heavy atom.